The molecule has 5 nitrogen and oxygen atoms in total. The van der Waals surface area contributed by atoms with E-state index in [1.165, 1.54) is 0 Å². The Labute approximate surface area is 189 Å². The molecule has 0 fully saturated rings. The molecular weight excluding hydrogens is 458 g/mol. The molecule has 3 aromatic carbocycles. The van der Waals surface area contributed by atoms with Crippen LogP contribution in [0.5, 0.6) is 11.5 Å². The van der Waals surface area contributed by atoms with Gasteiger partial charge in [0.05, 0.1) is 7.11 Å². The van der Waals surface area contributed by atoms with Gasteiger partial charge in [-0.25, -0.2) is 9.79 Å². The minimum absolute atomic E-state index is 0.236. The summed E-state index contributed by atoms with van der Waals surface area (Å²) in [5.74, 6) is 0.995. The van der Waals surface area contributed by atoms with Crippen LogP contribution in [0.15, 0.2) is 81.9 Å². The number of halogens is 1. The number of rotatable bonds is 6. The van der Waals surface area contributed by atoms with Crippen LogP contribution in [-0.2, 0) is 16.1 Å². The van der Waals surface area contributed by atoms with E-state index in [0.29, 0.717) is 24.0 Å². The summed E-state index contributed by atoms with van der Waals surface area (Å²) in [6.45, 7) is 2.39. The average molecular weight is 478 g/mol. The molecule has 1 aliphatic rings. The molecule has 0 spiro atoms. The highest BCUT2D eigenvalue weighted by molar-refractivity contribution is 9.10. The first-order chi connectivity index (χ1) is 15.0. The third-order valence-corrected chi connectivity index (χ3v) is 5.52. The predicted molar refractivity (Wildman–Crippen MR) is 123 cm³/mol. The van der Waals surface area contributed by atoms with Crippen molar-refractivity contribution in [1.82, 2.24) is 0 Å². The Bertz CT molecular complexity index is 1180. The molecule has 1 aliphatic heterocycles. The van der Waals surface area contributed by atoms with Gasteiger partial charge in [0.25, 0.3) is 0 Å². The number of hydrogen-bond acceptors (Lipinski definition) is 5. The normalized spacial score (nSPS) is 14.4. The molecule has 0 saturated carbocycles. The largest absolute Gasteiger partial charge is 0.493 e. The Hall–Kier alpha value is -3.38. The van der Waals surface area contributed by atoms with Crippen molar-refractivity contribution >= 4 is 33.9 Å². The van der Waals surface area contributed by atoms with E-state index < -0.39 is 5.97 Å². The Morgan fingerprint density at radius 3 is 2.55 bits per heavy atom. The van der Waals surface area contributed by atoms with E-state index in [9.17, 15) is 4.79 Å². The van der Waals surface area contributed by atoms with Gasteiger partial charge >= 0.3 is 5.97 Å². The van der Waals surface area contributed by atoms with Crippen LogP contribution in [0.4, 0.5) is 0 Å². The van der Waals surface area contributed by atoms with Crippen LogP contribution in [0.3, 0.4) is 0 Å². The smallest absolute Gasteiger partial charge is 0.363 e. The monoisotopic (exact) mass is 477 g/mol. The summed E-state index contributed by atoms with van der Waals surface area (Å²) in [5, 5.41) is 0. The Morgan fingerprint density at radius 1 is 1.03 bits per heavy atom. The zero-order chi connectivity index (χ0) is 21.8. The van der Waals surface area contributed by atoms with Crippen LogP contribution < -0.4 is 9.47 Å². The molecule has 0 aliphatic carbocycles. The molecule has 0 radical (unpaired) electrons. The van der Waals surface area contributed by atoms with Crippen LogP contribution in [0.2, 0.25) is 0 Å². The second kappa shape index (κ2) is 9.18. The number of cyclic esters (lactones) is 1. The molecular formula is C25H20BrNO4. The highest BCUT2D eigenvalue weighted by Gasteiger charge is 2.24. The lowest BCUT2D eigenvalue weighted by Gasteiger charge is -2.12. The average Bonchev–Trinajstić information content (AvgIpc) is 3.14. The summed E-state index contributed by atoms with van der Waals surface area (Å²) < 4.78 is 17.7. The molecule has 0 amide bonds. The maximum atomic E-state index is 12.3. The van der Waals surface area contributed by atoms with Gasteiger partial charge in [0.2, 0.25) is 5.90 Å². The molecule has 0 aromatic heterocycles. The first kappa shape index (κ1) is 20.9. The molecule has 0 unspecified atom stereocenters. The molecule has 4 rings (SSSR count). The minimum atomic E-state index is -0.483. The lowest BCUT2D eigenvalue weighted by Crippen LogP contribution is -2.05. The van der Waals surface area contributed by atoms with Crippen molar-refractivity contribution in [3.8, 4) is 11.5 Å². The molecule has 6 heteroatoms. The fourth-order valence-corrected chi connectivity index (χ4v) is 3.45. The molecule has 31 heavy (non-hydrogen) atoms. The van der Waals surface area contributed by atoms with E-state index in [-0.39, 0.29) is 5.70 Å². The lowest BCUT2D eigenvalue weighted by molar-refractivity contribution is -0.129. The maximum Gasteiger partial charge on any atom is 0.363 e. The number of aliphatic imine (C=N–C) groups is 1. The van der Waals surface area contributed by atoms with Crippen molar-refractivity contribution < 1.29 is 19.0 Å². The number of aryl methyl sites for hydroxylation is 1. The van der Waals surface area contributed by atoms with E-state index in [2.05, 4.69) is 20.9 Å². The van der Waals surface area contributed by atoms with Crippen LogP contribution in [0.1, 0.15) is 22.3 Å². The van der Waals surface area contributed by atoms with Crippen molar-refractivity contribution in [2.75, 3.05) is 7.11 Å². The van der Waals surface area contributed by atoms with Crippen LogP contribution >= 0.6 is 15.9 Å². The lowest BCUT2D eigenvalue weighted by atomic mass is 10.1. The van der Waals surface area contributed by atoms with E-state index in [4.69, 9.17) is 14.2 Å². The van der Waals surface area contributed by atoms with Gasteiger partial charge in [0.15, 0.2) is 17.2 Å². The Kier molecular flexibility index (Phi) is 6.18. The van der Waals surface area contributed by atoms with Crippen LogP contribution in [0.25, 0.3) is 6.08 Å². The summed E-state index contributed by atoms with van der Waals surface area (Å²) >= 11 is 3.52. The number of carbonyl (C=O) groups is 1. The highest BCUT2D eigenvalue weighted by atomic mass is 79.9. The third-order valence-electron chi connectivity index (χ3n) is 4.75. The summed E-state index contributed by atoms with van der Waals surface area (Å²) in [7, 11) is 1.58. The number of methoxy groups -OCH3 is 1. The van der Waals surface area contributed by atoms with Crippen LogP contribution in [0, 0.1) is 6.92 Å². The van der Waals surface area contributed by atoms with Crippen molar-refractivity contribution in [1.29, 1.82) is 0 Å². The van der Waals surface area contributed by atoms with Gasteiger partial charge in [-0.15, -0.1) is 0 Å². The standard InChI is InChI=1S/C25H20BrNO4/c1-16-7-10-18(11-8-16)24-27-21(25(28)31-24)13-17-9-12-22(23(14-17)29-2)30-15-19-5-3-4-6-20(19)26/h3-14H,15H2,1-2H3/b21-13+. The Morgan fingerprint density at radius 2 is 1.81 bits per heavy atom. The van der Waals surface area contributed by atoms with E-state index >= 15 is 0 Å². The molecule has 3 aromatic rings. The molecule has 1 heterocycles. The van der Waals surface area contributed by atoms with E-state index in [1.807, 2.05) is 67.6 Å². The number of nitrogens with zero attached hydrogens (tertiary/aromatic N) is 1. The number of benzene rings is 3. The van der Waals surface area contributed by atoms with Gasteiger partial charge in [0.1, 0.15) is 6.61 Å². The van der Waals surface area contributed by atoms with Gasteiger partial charge in [-0.2, -0.15) is 0 Å². The first-order valence-electron chi connectivity index (χ1n) is 9.67. The summed E-state index contributed by atoms with van der Waals surface area (Å²) in [6, 6.07) is 21.0. The second-order valence-corrected chi connectivity index (χ2v) is 7.85. The molecule has 0 bridgehead atoms. The highest BCUT2D eigenvalue weighted by Crippen LogP contribution is 2.31. The zero-order valence-corrected chi connectivity index (χ0v) is 18.7. The summed E-state index contributed by atoms with van der Waals surface area (Å²) in [5.41, 5.74) is 3.90. The van der Waals surface area contributed by atoms with Crippen molar-refractivity contribution in [2.24, 2.45) is 4.99 Å². The van der Waals surface area contributed by atoms with Crippen molar-refractivity contribution in [3.63, 3.8) is 0 Å². The quantitative estimate of drug-likeness (QED) is 0.338. The number of ether oxygens (including phenoxy) is 3. The second-order valence-electron chi connectivity index (χ2n) is 6.99. The molecule has 0 saturated heterocycles. The van der Waals surface area contributed by atoms with Crippen molar-refractivity contribution in [3.05, 3.63) is 99.2 Å². The van der Waals surface area contributed by atoms with Gasteiger partial charge in [-0.1, -0.05) is 57.9 Å². The molecule has 0 N–H and O–H groups in total. The Balaban J connectivity index is 1.54. The first-order valence-corrected chi connectivity index (χ1v) is 10.5. The fourth-order valence-electron chi connectivity index (χ4n) is 3.05. The van der Waals surface area contributed by atoms with E-state index in [0.717, 1.165) is 26.7 Å². The number of carbonyl (C=O) groups excluding carboxylic acids is 1. The van der Waals surface area contributed by atoms with Crippen LogP contribution in [-0.4, -0.2) is 19.0 Å². The number of hydrogen-bond donors (Lipinski definition) is 0. The minimum Gasteiger partial charge on any atom is -0.493 e. The van der Waals surface area contributed by atoms with Crippen molar-refractivity contribution in [2.45, 2.75) is 13.5 Å². The summed E-state index contributed by atoms with van der Waals surface area (Å²) in [4.78, 5) is 16.6. The zero-order valence-electron chi connectivity index (χ0n) is 17.1. The van der Waals surface area contributed by atoms with Gasteiger partial charge < -0.3 is 14.2 Å². The SMILES string of the molecule is COc1cc(/C=C2/N=C(c3ccc(C)cc3)OC2=O)ccc1OCc1ccccc1Br. The summed E-state index contributed by atoms with van der Waals surface area (Å²) in [6.07, 6.45) is 1.67. The maximum absolute atomic E-state index is 12.3. The molecule has 0 atom stereocenters. The third kappa shape index (κ3) is 4.86. The van der Waals surface area contributed by atoms with Gasteiger partial charge in [-0.05, 0) is 48.9 Å². The topological polar surface area (TPSA) is 57.1 Å². The predicted octanol–water partition coefficient (Wildman–Crippen LogP) is 5.69. The van der Waals surface area contributed by atoms with Gasteiger partial charge in [-0.3, -0.25) is 0 Å². The molecule has 156 valence electrons. The van der Waals surface area contributed by atoms with E-state index in [1.54, 1.807) is 19.3 Å². The fraction of sp³-hybridized carbons (Fsp3) is 0.120. The number of esters is 1. The van der Waals surface area contributed by atoms with Gasteiger partial charge in [0, 0.05) is 15.6 Å².